The number of anilines is 1. The third kappa shape index (κ3) is 2.74. The molecule has 0 aromatic heterocycles. The molecule has 0 radical (unpaired) electrons. The predicted molar refractivity (Wildman–Crippen MR) is 85.4 cm³/mol. The van der Waals surface area contributed by atoms with Gasteiger partial charge in [-0.1, -0.05) is 46.8 Å². The quantitative estimate of drug-likeness (QED) is 0.685. The van der Waals surface area contributed by atoms with Gasteiger partial charge in [-0.25, -0.2) is 0 Å². The van der Waals surface area contributed by atoms with Crippen molar-refractivity contribution in [2.45, 2.75) is 65.2 Å². The van der Waals surface area contributed by atoms with E-state index in [1.165, 1.54) is 11.1 Å². The molecular formula is C18H27NO. The van der Waals surface area contributed by atoms with Crippen LogP contribution in [0.25, 0.3) is 0 Å². The second-order valence-corrected chi connectivity index (χ2v) is 7.64. The van der Waals surface area contributed by atoms with Crippen LogP contribution < -0.4 is 4.90 Å². The molecule has 110 valence electrons. The van der Waals surface area contributed by atoms with Crippen molar-refractivity contribution in [1.29, 1.82) is 0 Å². The number of benzene rings is 1. The molecule has 1 heterocycles. The molecule has 1 aliphatic rings. The van der Waals surface area contributed by atoms with Crippen molar-refractivity contribution in [3.63, 3.8) is 0 Å². The highest BCUT2D eigenvalue weighted by Gasteiger charge is 2.31. The molecule has 1 aromatic carbocycles. The van der Waals surface area contributed by atoms with Crippen LogP contribution in [0.2, 0.25) is 0 Å². The average Bonchev–Trinajstić information content (AvgIpc) is 2.44. The lowest BCUT2D eigenvalue weighted by Crippen LogP contribution is -2.30. The van der Waals surface area contributed by atoms with E-state index in [0.29, 0.717) is 0 Å². The van der Waals surface area contributed by atoms with E-state index in [1.54, 1.807) is 6.92 Å². The van der Waals surface area contributed by atoms with Gasteiger partial charge in [-0.2, -0.15) is 0 Å². The predicted octanol–water partition coefficient (Wildman–Crippen LogP) is 4.41. The van der Waals surface area contributed by atoms with Gasteiger partial charge in [0, 0.05) is 19.2 Å². The summed E-state index contributed by atoms with van der Waals surface area (Å²) in [5.74, 6) is 0.148. The molecular weight excluding hydrogens is 246 g/mol. The van der Waals surface area contributed by atoms with E-state index in [9.17, 15) is 4.79 Å². The first kappa shape index (κ1) is 15.1. The smallest absolute Gasteiger partial charge is 0.223 e. The topological polar surface area (TPSA) is 20.3 Å². The third-order valence-electron chi connectivity index (χ3n) is 4.45. The largest absolute Gasteiger partial charge is 0.312 e. The van der Waals surface area contributed by atoms with Crippen LogP contribution in [-0.2, 0) is 15.6 Å². The number of hydrogen-bond donors (Lipinski definition) is 0. The number of fused-ring (bicyclic) bond motifs is 1. The van der Waals surface area contributed by atoms with E-state index in [-0.39, 0.29) is 16.7 Å². The summed E-state index contributed by atoms with van der Waals surface area (Å²) in [6.45, 7) is 13.7. The maximum atomic E-state index is 12.0. The third-order valence-corrected chi connectivity index (χ3v) is 4.45. The summed E-state index contributed by atoms with van der Waals surface area (Å²) in [6.07, 6.45) is 2.19. The number of carbonyl (C=O) groups excluding carboxylic acids is 1. The van der Waals surface area contributed by atoms with Crippen LogP contribution in [0.5, 0.6) is 0 Å². The van der Waals surface area contributed by atoms with Gasteiger partial charge in [0.2, 0.25) is 5.91 Å². The SMILES string of the molecule is CC(=O)N1CCCC(C)(C)c2ccc(C(C)(C)C)cc21. The Hall–Kier alpha value is -1.31. The monoisotopic (exact) mass is 273 g/mol. The summed E-state index contributed by atoms with van der Waals surface area (Å²) in [6, 6.07) is 6.69. The van der Waals surface area contributed by atoms with Crippen molar-refractivity contribution in [2.75, 3.05) is 11.4 Å². The van der Waals surface area contributed by atoms with Gasteiger partial charge in [0.1, 0.15) is 0 Å². The summed E-state index contributed by atoms with van der Waals surface area (Å²) >= 11 is 0. The van der Waals surface area contributed by atoms with Gasteiger partial charge in [0.25, 0.3) is 0 Å². The van der Waals surface area contributed by atoms with Gasteiger partial charge in [-0.15, -0.1) is 0 Å². The number of amides is 1. The molecule has 1 amide bonds. The van der Waals surface area contributed by atoms with Crippen LogP contribution in [0, 0.1) is 0 Å². The highest BCUT2D eigenvalue weighted by molar-refractivity contribution is 5.93. The Kier molecular flexibility index (Phi) is 3.70. The first-order valence-electron chi connectivity index (χ1n) is 7.56. The zero-order valence-electron chi connectivity index (χ0n) is 13.7. The first-order chi connectivity index (χ1) is 9.13. The molecule has 1 aliphatic heterocycles. The minimum Gasteiger partial charge on any atom is -0.312 e. The van der Waals surface area contributed by atoms with E-state index in [2.05, 4.69) is 52.8 Å². The second-order valence-electron chi connectivity index (χ2n) is 7.64. The molecule has 20 heavy (non-hydrogen) atoms. The summed E-state index contributed by atoms with van der Waals surface area (Å²) in [5, 5.41) is 0. The van der Waals surface area contributed by atoms with E-state index in [4.69, 9.17) is 0 Å². The second kappa shape index (κ2) is 4.91. The van der Waals surface area contributed by atoms with Crippen molar-refractivity contribution < 1.29 is 4.79 Å². The summed E-state index contributed by atoms with van der Waals surface area (Å²) in [7, 11) is 0. The Labute approximate surface area is 123 Å². The van der Waals surface area contributed by atoms with Gasteiger partial charge >= 0.3 is 0 Å². The fourth-order valence-electron chi connectivity index (χ4n) is 3.06. The molecule has 0 fully saturated rings. The molecule has 0 bridgehead atoms. The molecule has 0 saturated carbocycles. The van der Waals surface area contributed by atoms with Gasteiger partial charge in [-0.3, -0.25) is 4.79 Å². The Bertz CT molecular complexity index is 523. The standard InChI is InChI=1S/C18H27NO/c1-13(20)19-11-7-10-18(5,6)15-9-8-14(12-16(15)19)17(2,3)4/h8-9,12H,7,10-11H2,1-6H3. The molecule has 0 aliphatic carbocycles. The lowest BCUT2D eigenvalue weighted by molar-refractivity contribution is -0.116. The minimum absolute atomic E-state index is 0.105. The highest BCUT2D eigenvalue weighted by Crippen LogP contribution is 2.40. The van der Waals surface area contributed by atoms with Crippen molar-refractivity contribution in [1.82, 2.24) is 0 Å². The van der Waals surface area contributed by atoms with Gasteiger partial charge in [0.15, 0.2) is 0 Å². The minimum atomic E-state index is 0.105. The molecule has 0 saturated heterocycles. The maximum Gasteiger partial charge on any atom is 0.223 e. The molecule has 1 aromatic rings. The molecule has 2 nitrogen and oxygen atoms in total. The van der Waals surface area contributed by atoms with Crippen LogP contribution in [0.4, 0.5) is 5.69 Å². The zero-order chi connectivity index (χ0) is 15.1. The number of rotatable bonds is 0. The number of carbonyl (C=O) groups is 1. The maximum absolute atomic E-state index is 12.0. The number of hydrogen-bond acceptors (Lipinski definition) is 1. The van der Waals surface area contributed by atoms with Crippen molar-refractivity contribution >= 4 is 11.6 Å². The Balaban J connectivity index is 2.63. The Morgan fingerprint density at radius 3 is 2.45 bits per heavy atom. The van der Waals surface area contributed by atoms with E-state index < -0.39 is 0 Å². The highest BCUT2D eigenvalue weighted by atomic mass is 16.2. The first-order valence-corrected chi connectivity index (χ1v) is 7.56. The van der Waals surface area contributed by atoms with Crippen LogP contribution in [0.15, 0.2) is 18.2 Å². The molecule has 0 atom stereocenters. The van der Waals surface area contributed by atoms with Crippen LogP contribution in [0.3, 0.4) is 0 Å². The Morgan fingerprint density at radius 2 is 1.90 bits per heavy atom. The summed E-state index contributed by atoms with van der Waals surface area (Å²) in [4.78, 5) is 14.0. The average molecular weight is 273 g/mol. The fraction of sp³-hybridized carbons (Fsp3) is 0.611. The Morgan fingerprint density at radius 1 is 1.25 bits per heavy atom. The van der Waals surface area contributed by atoms with Crippen LogP contribution in [-0.4, -0.2) is 12.5 Å². The van der Waals surface area contributed by atoms with Gasteiger partial charge in [-0.05, 0) is 40.9 Å². The zero-order valence-corrected chi connectivity index (χ0v) is 13.7. The van der Waals surface area contributed by atoms with Crippen molar-refractivity contribution in [3.05, 3.63) is 29.3 Å². The molecule has 2 rings (SSSR count). The molecule has 0 unspecified atom stereocenters. The van der Waals surface area contributed by atoms with Crippen molar-refractivity contribution in [2.24, 2.45) is 0 Å². The molecule has 0 N–H and O–H groups in total. The lowest BCUT2D eigenvalue weighted by atomic mass is 9.78. The lowest BCUT2D eigenvalue weighted by Gasteiger charge is -2.30. The van der Waals surface area contributed by atoms with Crippen LogP contribution >= 0.6 is 0 Å². The fourth-order valence-corrected chi connectivity index (χ4v) is 3.06. The van der Waals surface area contributed by atoms with Crippen molar-refractivity contribution in [3.8, 4) is 0 Å². The van der Waals surface area contributed by atoms with Gasteiger partial charge in [0.05, 0.1) is 0 Å². The van der Waals surface area contributed by atoms with Crippen LogP contribution in [0.1, 0.15) is 65.5 Å². The molecule has 2 heteroatoms. The van der Waals surface area contributed by atoms with E-state index >= 15 is 0 Å². The normalized spacial score (nSPS) is 18.4. The summed E-state index contributed by atoms with van der Waals surface area (Å²) < 4.78 is 0. The number of nitrogens with zero attached hydrogens (tertiary/aromatic N) is 1. The van der Waals surface area contributed by atoms with E-state index in [0.717, 1.165) is 25.1 Å². The van der Waals surface area contributed by atoms with E-state index in [1.807, 2.05) is 4.90 Å². The van der Waals surface area contributed by atoms with Gasteiger partial charge < -0.3 is 4.90 Å². The molecule has 0 spiro atoms. The summed E-state index contributed by atoms with van der Waals surface area (Å²) in [5.41, 5.74) is 3.95.